The molecule has 1 aliphatic rings. The van der Waals surface area contributed by atoms with Crippen molar-refractivity contribution in [3.8, 4) is 17.2 Å². The van der Waals surface area contributed by atoms with Crippen LogP contribution in [0.2, 0.25) is 0 Å². The van der Waals surface area contributed by atoms with Gasteiger partial charge in [-0.1, -0.05) is 0 Å². The molecule has 1 fully saturated rings. The fourth-order valence-electron chi connectivity index (χ4n) is 3.02. The largest absolute Gasteiger partial charge is 0.493 e. The quantitative estimate of drug-likeness (QED) is 0.816. The van der Waals surface area contributed by atoms with Gasteiger partial charge in [0.25, 0.3) is 0 Å². The van der Waals surface area contributed by atoms with Gasteiger partial charge in [0.15, 0.2) is 11.5 Å². The van der Waals surface area contributed by atoms with E-state index in [0.29, 0.717) is 17.2 Å². The fraction of sp³-hybridized carbons (Fsp3) is 0.588. The second-order valence-corrected chi connectivity index (χ2v) is 5.96. The Bertz CT molecular complexity index is 543. The molecule has 3 atom stereocenters. The van der Waals surface area contributed by atoms with E-state index < -0.39 is 0 Å². The van der Waals surface area contributed by atoms with E-state index in [4.69, 9.17) is 19.9 Å². The van der Waals surface area contributed by atoms with Gasteiger partial charge in [-0.2, -0.15) is 0 Å². The van der Waals surface area contributed by atoms with Crippen LogP contribution >= 0.6 is 12.4 Å². The summed E-state index contributed by atoms with van der Waals surface area (Å²) in [6, 6.07) is 3.69. The van der Waals surface area contributed by atoms with E-state index in [1.807, 2.05) is 19.1 Å². The molecule has 6 nitrogen and oxygen atoms in total. The topological polar surface area (TPSA) is 82.8 Å². The lowest BCUT2D eigenvalue weighted by Crippen LogP contribution is -2.32. The number of rotatable bonds is 6. The van der Waals surface area contributed by atoms with Crippen LogP contribution in [0.5, 0.6) is 17.2 Å². The summed E-state index contributed by atoms with van der Waals surface area (Å²) in [6.07, 6.45) is 2.53. The van der Waals surface area contributed by atoms with E-state index in [0.717, 1.165) is 24.8 Å². The third kappa shape index (κ3) is 4.45. The standard InChI is InChI=1S/C17H26N2O4.ClH/c1-10(19-17(20)11-5-6-13(18)7-11)12-8-14(21-2)16(23-4)15(9-12)22-3;/h8-11,13H,5-7,18H2,1-4H3,(H,19,20);1H. The maximum Gasteiger partial charge on any atom is 0.223 e. The van der Waals surface area contributed by atoms with Crippen LogP contribution < -0.4 is 25.3 Å². The number of ether oxygens (including phenoxy) is 3. The van der Waals surface area contributed by atoms with Crippen LogP contribution in [-0.4, -0.2) is 33.3 Å². The third-order valence-electron chi connectivity index (χ3n) is 4.39. The van der Waals surface area contributed by atoms with Crippen molar-refractivity contribution in [1.82, 2.24) is 5.32 Å². The smallest absolute Gasteiger partial charge is 0.223 e. The van der Waals surface area contributed by atoms with Gasteiger partial charge >= 0.3 is 0 Å². The maximum atomic E-state index is 12.4. The Hall–Kier alpha value is -1.66. The molecule has 136 valence electrons. The summed E-state index contributed by atoms with van der Waals surface area (Å²) >= 11 is 0. The molecule has 0 aliphatic heterocycles. The predicted octanol–water partition coefficient (Wildman–Crippen LogP) is 2.44. The van der Waals surface area contributed by atoms with Gasteiger partial charge in [0.05, 0.1) is 27.4 Å². The van der Waals surface area contributed by atoms with E-state index in [-0.39, 0.29) is 36.3 Å². The fourth-order valence-corrected chi connectivity index (χ4v) is 3.02. The molecule has 2 rings (SSSR count). The van der Waals surface area contributed by atoms with Gasteiger partial charge in [-0.3, -0.25) is 4.79 Å². The molecule has 1 amide bonds. The minimum Gasteiger partial charge on any atom is -0.493 e. The number of hydrogen-bond donors (Lipinski definition) is 2. The van der Waals surface area contributed by atoms with Gasteiger partial charge < -0.3 is 25.3 Å². The molecule has 0 spiro atoms. The monoisotopic (exact) mass is 358 g/mol. The van der Waals surface area contributed by atoms with Gasteiger partial charge in [-0.25, -0.2) is 0 Å². The van der Waals surface area contributed by atoms with E-state index in [1.54, 1.807) is 21.3 Å². The number of nitrogens with one attached hydrogen (secondary N) is 1. The Morgan fingerprint density at radius 3 is 2.17 bits per heavy atom. The lowest BCUT2D eigenvalue weighted by Gasteiger charge is -2.20. The highest BCUT2D eigenvalue weighted by Crippen LogP contribution is 2.39. The van der Waals surface area contributed by atoms with Gasteiger partial charge in [0.1, 0.15) is 0 Å². The van der Waals surface area contributed by atoms with Crippen LogP contribution in [0.4, 0.5) is 0 Å². The second kappa shape index (κ2) is 8.99. The first kappa shape index (κ1) is 20.4. The Morgan fingerprint density at radius 1 is 1.17 bits per heavy atom. The van der Waals surface area contributed by atoms with Gasteiger partial charge in [-0.05, 0) is 43.9 Å². The molecule has 1 aromatic rings. The first-order valence-electron chi connectivity index (χ1n) is 7.86. The zero-order valence-corrected chi connectivity index (χ0v) is 15.4. The molecule has 0 bridgehead atoms. The van der Waals surface area contributed by atoms with Crippen molar-refractivity contribution in [2.45, 2.75) is 38.3 Å². The molecule has 0 radical (unpaired) electrons. The minimum atomic E-state index is -0.159. The predicted molar refractivity (Wildman–Crippen MR) is 95.2 cm³/mol. The molecule has 0 aromatic heterocycles. The molecule has 0 heterocycles. The molecule has 1 aliphatic carbocycles. The van der Waals surface area contributed by atoms with Crippen LogP contribution in [0, 0.1) is 5.92 Å². The number of carbonyl (C=O) groups is 1. The van der Waals surface area contributed by atoms with E-state index in [2.05, 4.69) is 5.32 Å². The summed E-state index contributed by atoms with van der Waals surface area (Å²) in [5.41, 5.74) is 6.78. The molecular weight excluding hydrogens is 332 g/mol. The summed E-state index contributed by atoms with van der Waals surface area (Å²) < 4.78 is 16.0. The van der Waals surface area contributed by atoms with Crippen LogP contribution in [0.25, 0.3) is 0 Å². The lowest BCUT2D eigenvalue weighted by atomic mass is 10.0. The highest BCUT2D eigenvalue weighted by atomic mass is 35.5. The highest BCUT2D eigenvalue weighted by molar-refractivity contribution is 5.85. The molecule has 24 heavy (non-hydrogen) atoms. The van der Waals surface area contributed by atoms with E-state index >= 15 is 0 Å². The summed E-state index contributed by atoms with van der Waals surface area (Å²) in [6.45, 7) is 1.94. The minimum absolute atomic E-state index is 0. The zero-order chi connectivity index (χ0) is 17.0. The third-order valence-corrected chi connectivity index (χ3v) is 4.39. The van der Waals surface area contributed by atoms with Gasteiger partial charge in [0, 0.05) is 12.0 Å². The number of nitrogens with two attached hydrogens (primary N) is 1. The molecule has 0 saturated heterocycles. The second-order valence-electron chi connectivity index (χ2n) is 5.96. The van der Waals surface area contributed by atoms with Crippen molar-refractivity contribution in [3.05, 3.63) is 17.7 Å². The Balaban J connectivity index is 0.00000288. The summed E-state index contributed by atoms with van der Waals surface area (Å²) in [5.74, 6) is 1.75. The lowest BCUT2D eigenvalue weighted by molar-refractivity contribution is -0.125. The number of amides is 1. The SMILES string of the molecule is COc1cc(C(C)NC(=O)C2CCC(N)C2)cc(OC)c1OC.Cl. The van der Waals surface area contributed by atoms with Crippen LogP contribution in [-0.2, 0) is 4.79 Å². The van der Waals surface area contributed by atoms with E-state index in [1.165, 1.54) is 0 Å². The molecular formula is C17H27ClN2O4. The van der Waals surface area contributed by atoms with E-state index in [9.17, 15) is 4.79 Å². The molecule has 7 heteroatoms. The normalized spacial score (nSPS) is 20.7. The molecule has 3 unspecified atom stereocenters. The molecule has 1 saturated carbocycles. The van der Waals surface area contributed by atoms with Crippen LogP contribution in [0.1, 0.15) is 37.8 Å². The van der Waals surface area contributed by atoms with Crippen molar-refractivity contribution in [3.63, 3.8) is 0 Å². The van der Waals surface area contributed by atoms with Crippen molar-refractivity contribution in [1.29, 1.82) is 0 Å². The Labute approximate surface area is 149 Å². The Morgan fingerprint density at radius 2 is 1.75 bits per heavy atom. The number of methoxy groups -OCH3 is 3. The average Bonchev–Trinajstić information content (AvgIpc) is 2.99. The van der Waals surface area contributed by atoms with Crippen molar-refractivity contribution < 1.29 is 19.0 Å². The number of carbonyl (C=O) groups excluding carboxylic acids is 1. The highest BCUT2D eigenvalue weighted by Gasteiger charge is 2.28. The summed E-state index contributed by atoms with van der Waals surface area (Å²) in [5, 5.41) is 3.05. The van der Waals surface area contributed by atoms with Crippen molar-refractivity contribution >= 4 is 18.3 Å². The van der Waals surface area contributed by atoms with Crippen molar-refractivity contribution in [2.24, 2.45) is 11.7 Å². The zero-order valence-electron chi connectivity index (χ0n) is 14.6. The van der Waals surface area contributed by atoms with Crippen LogP contribution in [0.15, 0.2) is 12.1 Å². The van der Waals surface area contributed by atoms with Gasteiger partial charge in [0.2, 0.25) is 11.7 Å². The number of halogens is 1. The number of hydrogen-bond acceptors (Lipinski definition) is 5. The summed E-state index contributed by atoms with van der Waals surface area (Å²) in [4.78, 5) is 12.4. The molecule has 1 aromatic carbocycles. The van der Waals surface area contributed by atoms with Crippen LogP contribution in [0.3, 0.4) is 0 Å². The van der Waals surface area contributed by atoms with Gasteiger partial charge in [-0.15, -0.1) is 12.4 Å². The first-order chi connectivity index (χ1) is 11.0. The Kier molecular flexibility index (Phi) is 7.63. The number of benzene rings is 1. The average molecular weight is 359 g/mol. The maximum absolute atomic E-state index is 12.4. The first-order valence-corrected chi connectivity index (χ1v) is 7.86. The van der Waals surface area contributed by atoms with Crippen molar-refractivity contribution in [2.75, 3.05) is 21.3 Å². The molecule has 3 N–H and O–H groups in total. The summed E-state index contributed by atoms with van der Waals surface area (Å²) in [7, 11) is 4.71.